The van der Waals surface area contributed by atoms with Gasteiger partial charge in [-0.25, -0.2) is 0 Å². The molecule has 0 aliphatic carbocycles. The smallest absolute Gasteiger partial charge is 0.321 e. The van der Waals surface area contributed by atoms with E-state index in [9.17, 15) is 20.0 Å². The van der Waals surface area contributed by atoms with Gasteiger partial charge in [0.05, 0.1) is 9.40 Å². The summed E-state index contributed by atoms with van der Waals surface area (Å²) in [5, 5.41) is 20.2. The predicted octanol–water partition coefficient (Wildman–Crippen LogP) is 2.65. The Kier molecular flexibility index (Phi) is 4.39. The van der Waals surface area contributed by atoms with Crippen LogP contribution in [0.4, 0.5) is 5.69 Å². The van der Waals surface area contributed by atoms with Crippen molar-refractivity contribution in [2.24, 2.45) is 5.92 Å². The fourth-order valence-corrected chi connectivity index (χ4v) is 3.19. The van der Waals surface area contributed by atoms with E-state index in [0.29, 0.717) is 17.6 Å². The standard InChI is InChI=1S/C13H15BrN2O4/c1-8-5-6-15(12(8)13(17)18)7-9-3-2-4-10(11(9)14)16(19)20/h2-4,8,12H,5-7H2,1H3,(H,17,18). The minimum absolute atomic E-state index is 0.00150. The van der Waals surface area contributed by atoms with Gasteiger partial charge in [-0.3, -0.25) is 19.8 Å². The normalized spacial score (nSPS) is 22.9. The molecule has 0 radical (unpaired) electrons. The van der Waals surface area contributed by atoms with Crippen LogP contribution in [0.3, 0.4) is 0 Å². The van der Waals surface area contributed by atoms with E-state index < -0.39 is 16.9 Å². The first-order chi connectivity index (χ1) is 9.41. The average molecular weight is 343 g/mol. The van der Waals surface area contributed by atoms with Crippen LogP contribution in [0.5, 0.6) is 0 Å². The van der Waals surface area contributed by atoms with Crippen LogP contribution in [-0.4, -0.2) is 33.5 Å². The number of rotatable bonds is 4. The molecule has 0 aromatic heterocycles. The van der Waals surface area contributed by atoms with E-state index in [1.807, 2.05) is 11.8 Å². The van der Waals surface area contributed by atoms with Gasteiger partial charge >= 0.3 is 5.97 Å². The second-order valence-electron chi connectivity index (χ2n) is 5.03. The molecule has 0 amide bonds. The number of halogens is 1. The maximum absolute atomic E-state index is 11.3. The molecule has 20 heavy (non-hydrogen) atoms. The number of nitro groups is 1. The number of nitrogens with zero attached hydrogens (tertiary/aromatic N) is 2. The van der Waals surface area contributed by atoms with E-state index in [2.05, 4.69) is 15.9 Å². The third kappa shape index (κ3) is 2.83. The number of hydrogen-bond donors (Lipinski definition) is 1. The summed E-state index contributed by atoms with van der Waals surface area (Å²) in [6.45, 7) is 3.00. The molecule has 2 atom stereocenters. The number of carbonyl (C=O) groups is 1. The first-order valence-electron chi connectivity index (χ1n) is 6.30. The number of aliphatic carboxylic acids is 1. The highest BCUT2D eigenvalue weighted by Crippen LogP contribution is 2.32. The van der Waals surface area contributed by atoms with Gasteiger partial charge in [-0.05, 0) is 40.4 Å². The van der Waals surface area contributed by atoms with Crippen molar-refractivity contribution >= 4 is 27.6 Å². The molecule has 1 aromatic carbocycles. The van der Waals surface area contributed by atoms with Crippen molar-refractivity contribution < 1.29 is 14.8 Å². The van der Waals surface area contributed by atoms with Gasteiger partial charge < -0.3 is 5.11 Å². The lowest BCUT2D eigenvalue weighted by Gasteiger charge is -2.23. The quantitative estimate of drug-likeness (QED) is 0.671. The Labute approximate surface area is 124 Å². The molecule has 1 aliphatic rings. The molecule has 108 valence electrons. The summed E-state index contributed by atoms with van der Waals surface area (Å²) in [5.74, 6) is -0.749. The number of likely N-dealkylation sites (tertiary alicyclic amines) is 1. The maximum atomic E-state index is 11.3. The highest BCUT2D eigenvalue weighted by molar-refractivity contribution is 9.10. The van der Waals surface area contributed by atoms with Gasteiger partial charge in [0.2, 0.25) is 0 Å². The zero-order chi connectivity index (χ0) is 14.9. The summed E-state index contributed by atoms with van der Waals surface area (Å²) in [6, 6.07) is 4.29. The highest BCUT2D eigenvalue weighted by atomic mass is 79.9. The van der Waals surface area contributed by atoms with Crippen LogP contribution in [-0.2, 0) is 11.3 Å². The SMILES string of the molecule is CC1CCN(Cc2cccc([N+](=O)[O-])c2Br)C1C(=O)O. The summed E-state index contributed by atoms with van der Waals surface area (Å²) in [5.41, 5.74) is 0.737. The minimum Gasteiger partial charge on any atom is -0.480 e. The van der Waals surface area contributed by atoms with Crippen LogP contribution in [0.1, 0.15) is 18.9 Å². The predicted molar refractivity (Wildman–Crippen MR) is 76.4 cm³/mol. The molecule has 1 N–H and O–H groups in total. The summed E-state index contributed by atoms with van der Waals surface area (Å²) < 4.78 is 0.425. The zero-order valence-corrected chi connectivity index (χ0v) is 12.5. The Balaban J connectivity index is 2.24. The minimum atomic E-state index is -0.837. The molecule has 0 spiro atoms. The average Bonchev–Trinajstić information content (AvgIpc) is 2.72. The van der Waals surface area contributed by atoms with Crippen molar-refractivity contribution in [1.29, 1.82) is 0 Å². The molecule has 1 aromatic rings. The number of carboxylic acid groups (broad SMARTS) is 1. The second-order valence-corrected chi connectivity index (χ2v) is 5.82. The Morgan fingerprint density at radius 1 is 1.60 bits per heavy atom. The fraction of sp³-hybridized carbons (Fsp3) is 0.462. The van der Waals surface area contributed by atoms with E-state index in [-0.39, 0.29) is 11.6 Å². The monoisotopic (exact) mass is 342 g/mol. The van der Waals surface area contributed by atoms with Crippen molar-refractivity contribution in [3.8, 4) is 0 Å². The van der Waals surface area contributed by atoms with Gasteiger partial charge in [-0.1, -0.05) is 19.1 Å². The molecule has 0 saturated carbocycles. The van der Waals surface area contributed by atoms with Crippen LogP contribution in [0, 0.1) is 16.0 Å². The molecule has 1 saturated heterocycles. The van der Waals surface area contributed by atoms with E-state index in [4.69, 9.17) is 0 Å². The maximum Gasteiger partial charge on any atom is 0.321 e. The van der Waals surface area contributed by atoms with Crippen molar-refractivity contribution in [2.45, 2.75) is 25.9 Å². The zero-order valence-electron chi connectivity index (χ0n) is 11.0. The van der Waals surface area contributed by atoms with Crippen molar-refractivity contribution in [3.63, 3.8) is 0 Å². The van der Waals surface area contributed by atoms with Gasteiger partial charge in [0.15, 0.2) is 0 Å². The fourth-order valence-electron chi connectivity index (χ4n) is 2.65. The third-order valence-electron chi connectivity index (χ3n) is 3.69. The van der Waals surface area contributed by atoms with Crippen molar-refractivity contribution in [2.75, 3.05) is 6.54 Å². The summed E-state index contributed by atoms with van der Waals surface area (Å²) in [7, 11) is 0. The van der Waals surface area contributed by atoms with Gasteiger partial charge in [0.25, 0.3) is 5.69 Å². The summed E-state index contributed by atoms with van der Waals surface area (Å²) >= 11 is 3.25. The van der Waals surface area contributed by atoms with E-state index in [1.54, 1.807) is 12.1 Å². The number of benzene rings is 1. The lowest BCUT2D eigenvalue weighted by atomic mass is 10.0. The van der Waals surface area contributed by atoms with Crippen molar-refractivity contribution in [1.82, 2.24) is 4.90 Å². The molecule has 6 nitrogen and oxygen atoms in total. The molecule has 1 fully saturated rings. The topological polar surface area (TPSA) is 83.7 Å². The largest absolute Gasteiger partial charge is 0.480 e. The molecule has 7 heteroatoms. The van der Waals surface area contributed by atoms with Crippen molar-refractivity contribution in [3.05, 3.63) is 38.3 Å². The first-order valence-corrected chi connectivity index (χ1v) is 7.09. The highest BCUT2D eigenvalue weighted by Gasteiger charge is 2.36. The van der Waals surface area contributed by atoms with Crippen LogP contribution in [0.15, 0.2) is 22.7 Å². The number of nitro benzene ring substituents is 1. The van der Waals surface area contributed by atoms with E-state index in [1.165, 1.54) is 6.07 Å². The molecule has 1 aliphatic heterocycles. The van der Waals surface area contributed by atoms with E-state index >= 15 is 0 Å². The Morgan fingerprint density at radius 2 is 2.30 bits per heavy atom. The van der Waals surface area contributed by atoms with Crippen LogP contribution >= 0.6 is 15.9 Å². The lowest BCUT2D eigenvalue weighted by Crippen LogP contribution is -2.38. The van der Waals surface area contributed by atoms with Gasteiger partial charge in [0, 0.05) is 12.6 Å². The van der Waals surface area contributed by atoms with Crippen LogP contribution in [0.2, 0.25) is 0 Å². The van der Waals surface area contributed by atoms with Gasteiger partial charge in [-0.15, -0.1) is 0 Å². The molecular weight excluding hydrogens is 328 g/mol. The first kappa shape index (κ1) is 14.9. The van der Waals surface area contributed by atoms with Crippen LogP contribution in [0.25, 0.3) is 0 Å². The lowest BCUT2D eigenvalue weighted by molar-refractivity contribution is -0.385. The summed E-state index contributed by atoms with van der Waals surface area (Å²) in [4.78, 5) is 23.6. The van der Waals surface area contributed by atoms with Crippen LogP contribution < -0.4 is 0 Å². The van der Waals surface area contributed by atoms with Gasteiger partial charge in [0.1, 0.15) is 6.04 Å². The number of hydrogen-bond acceptors (Lipinski definition) is 4. The third-order valence-corrected chi connectivity index (χ3v) is 4.60. The number of carboxylic acids is 1. The molecule has 2 rings (SSSR count). The Hall–Kier alpha value is -1.47. The molecule has 0 bridgehead atoms. The molecule has 1 heterocycles. The molecule has 2 unspecified atom stereocenters. The van der Waals surface area contributed by atoms with E-state index in [0.717, 1.165) is 12.0 Å². The van der Waals surface area contributed by atoms with Gasteiger partial charge in [-0.2, -0.15) is 0 Å². The Morgan fingerprint density at radius 3 is 2.90 bits per heavy atom. The second kappa shape index (κ2) is 5.88. The summed E-state index contributed by atoms with van der Waals surface area (Å²) in [6.07, 6.45) is 0.823. The Bertz CT molecular complexity index is 549. The molecular formula is C13H15BrN2O4.